The summed E-state index contributed by atoms with van der Waals surface area (Å²) in [5.74, 6) is -0.556. The van der Waals surface area contributed by atoms with E-state index >= 15 is 0 Å². The molecule has 0 aromatic heterocycles. The monoisotopic (exact) mass is 358 g/mol. The number of phosphoric acid groups is 1. The first-order valence-electron chi connectivity index (χ1n) is 7.00. The van der Waals surface area contributed by atoms with Gasteiger partial charge >= 0.3 is 13.8 Å². The SMILES string of the molecule is CCCCC(=O)O[C@H](COC=O)COP(=O)(O)OC[C@@H](O)CO. The van der Waals surface area contributed by atoms with Crippen LogP contribution in [0.3, 0.4) is 0 Å². The van der Waals surface area contributed by atoms with Crippen molar-refractivity contribution in [3.63, 3.8) is 0 Å². The fraction of sp³-hybridized carbons (Fsp3) is 0.833. The molecule has 1 unspecified atom stereocenters. The van der Waals surface area contributed by atoms with E-state index in [9.17, 15) is 19.0 Å². The van der Waals surface area contributed by atoms with Crippen LogP contribution in [0.4, 0.5) is 0 Å². The molecule has 10 nitrogen and oxygen atoms in total. The van der Waals surface area contributed by atoms with Gasteiger partial charge in [-0.15, -0.1) is 0 Å². The zero-order valence-electron chi connectivity index (χ0n) is 12.8. The van der Waals surface area contributed by atoms with Crippen molar-refractivity contribution in [2.45, 2.75) is 38.4 Å². The molecule has 0 spiro atoms. The third-order valence-electron chi connectivity index (χ3n) is 2.45. The Hall–Kier alpha value is -1.03. The first-order valence-corrected chi connectivity index (χ1v) is 8.49. The van der Waals surface area contributed by atoms with E-state index in [-0.39, 0.29) is 19.5 Å². The summed E-state index contributed by atoms with van der Waals surface area (Å²) in [4.78, 5) is 31.1. The molecule has 0 amide bonds. The van der Waals surface area contributed by atoms with E-state index in [0.717, 1.165) is 6.42 Å². The Kier molecular flexibility index (Phi) is 11.8. The molecule has 0 aromatic carbocycles. The van der Waals surface area contributed by atoms with E-state index in [2.05, 4.69) is 13.8 Å². The van der Waals surface area contributed by atoms with Crippen molar-refractivity contribution < 1.29 is 47.8 Å². The number of rotatable bonds is 14. The molecule has 0 radical (unpaired) electrons. The summed E-state index contributed by atoms with van der Waals surface area (Å²) in [6, 6.07) is 0. The van der Waals surface area contributed by atoms with Crippen molar-refractivity contribution in [2.75, 3.05) is 26.4 Å². The van der Waals surface area contributed by atoms with Crippen molar-refractivity contribution in [1.29, 1.82) is 0 Å². The van der Waals surface area contributed by atoms with Crippen LogP contribution in [0.5, 0.6) is 0 Å². The van der Waals surface area contributed by atoms with E-state index in [1.54, 1.807) is 0 Å². The predicted octanol–water partition coefficient (Wildman–Crippen LogP) is -0.252. The minimum atomic E-state index is -4.52. The average Bonchev–Trinajstić information content (AvgIpc) is 2.53. The van der Waals surface area contributed by atoms with Crippen LogP contribution in [0.1, 0.15) is 26.2 Å². The van der Waals surface area contributed by atoms with Crippen LogP contribution in [0.2, 0.25) is 0 Å². The first-order chi connectivity index (χ1) is 10.8. The molecule has 0 heterocycles. The summed E-state index contributed by atoms with van der Waals surface area (Å²) in [6.07, 6.45) is -0.851. The second kappa shape index (κ2) is 12.4. The lowest BCUT2D eigenvalue weighted by Gasteiger charge is -2.19. The van der Waals surface area contributed by atoms with Crippen LogP contribution in [-0.2, 0) is 32.7 Å². The van der Waals surface area contributed by atoms with Gasteiger partial charge in [0.1, 0.15) is 12.7 Å². The normalized spacial score (nSPS) is 16.2. The maximum atomic E-state index is 11.5. The van der Waals surface area contributed by atoms with E-state index in [1.807, 2.05) is 6.92 Å². The summed E-state index contributed by atoms with van der Waals surface area (Å²) in [7, 11) is -4.52. The molecule has 0 aliphatic carbocycles. The van der Waals surface area contributed by atoms with Crippen LogP contribution in [-0.4, -0.2) is 66.2 Å². The van der Waals surface area contributed by atoms with Gasteiger partial charge in [-0.2, -0.15) is 0 Å². The molecule has 3 N–H and O–H groups in total. The summed E-state index contributed by atoms with van der Waals surface area (Å²) >= 11 is 0. The zero-order valence-corrected chi connectivity index (χ0v) is 13.7. The molecule has 11 heteroatoms. The number of hydrogen-bond acceptors (Lipinski definition) is 9. The van der Waals surface area contributed by atoms with Gasteiger partial charge in [-0.1, -0.05) is 13.3 Å². The van der Waals surface area contributed by atoms with Gasteiger partial charge in [0.05, 0.1) is 19.8 Å². The molecular formula is C12H23O10P. The zero-order chi connectivity index (χ0) is 17.7. The maximum absolute atomic E-state index is 11.5. The van der Waals surface area contributed by atoms with Gasteiger partial charge in [-0.05, 0) is 6.42 Å². The second-order valence-corrected chi connectivity index (χ2v) is 5.99. The Morgan fingerprint density at radius 3 is 2.48 bits per heavy atom. The van der Waals surface area contributed by atoms with Gasteiger partial charge < -0.3 is 24.6 Å². The Morgan fingerprint density at radius 2 is 1.91 bits per heavy atom. The van der Waals surface area contributed by atoms with Crippen molar-refractivity contribution in [3.05, 3.63) is 0 Å². The van der Waals surface area contributed by atoms with Crippen LogP contribution >= 0.6 is 7.82 Å². The number of unbranched alkanes of at least 4 members (excludes halogenated alkanes) is 1. The predicted molar refractivity (Wildman–Crippen MR) is 76.2 cm³/mol. The number of ether oxygens (including phenoxy) is 2. The number of hydrogen-bond donors (Lipinski definition) is 3. The minimum Gasteiger partial charge on any atom is -0.464 e. The van der Waals surface area contributed by atoms with Crippen LogP contribution in [0.15, 0.2) is 0 Å². The highest BCUT2D eigenvalue weighted by Gasteiger charge is 2.26. The first kappa shape index (κ1) is 22.0. The van der Waals surface area contributed by atoms with E-state index in [1.165, 1.54) is 0 Å². The molecule has 136 valence electrons. The number of phosphoric ester groups is 1. The Bertz CT molecular complexity index is 388. The molecule has 0 rings (SSSR count). The molecule has 0 aliphatic rings. The lowest BCUT2D eigenvalue weighted by molar-refractivity contribution is -0.157. The smallest absolute Gasteiger partial charge is 0.464 e. The van der Waals surface area contributed by atoms with Gasteiger partial charge in [-0.25, -0.2) is 4.57 Å². The Labute approximate surface area is 133 Å². The average molecular weight is 358 g/mol. The third-order valence-corrected chi connectivity index (χ3v) is 3.40. The lowest BCUT2D eigenvalue weighted by atomic mass is 10.2. The molecular weight excluding hydrogens is 335 g/mol. The molecule has 3 atom stereocenters. The van der Waals surface area contributed by atoms with Crippen LogP contribution in [0.25, 0.3) is 0 Å². The van der Waals surface area contributed by atoms with Crippen molar-refractivity contribution in [3.8, 4) is 0 Å². The molecule has 0 fully saturated rings. The van der Waals surface area contributed by atoms with Gasteiger partial charge in [0, 0.05) is 6.42 Å². The Balaban J connectivity index is 4.37. The van der Waals surface area contributed by atoms with Crippen molar-refractivity contribution >= 4 is 20.3 Å². The highest BCUT2D eigenvalue weighted by Crippen LogP contribution is 2.43. The van der Waals surface area contributed by atoms with Crippen molar-refractivity contribution in [1.82, 2.24) is 0 Å². The number of aliphatic hydroxyl groups excluding tert-OH is 2. The summed E-state index contributed by atoms with van der Waals surface area (Å²) < 4.78 is 30.0. The van der Waals surface area contributed by atoms with Gasteiger partial charge in [0.25, 0.3) is 6.47 Å². The Morgan fingerprint density at radius 1 is 1.26 bits per heavy atom. The molecule has 0 aliphatic heterocycles. The quantitative estimate of drug-likeness (QED) is 0.215. The third kappa shape index (κ3) is 12.1. The number of carbonyl (C=O) groups is 2. The standard InChI is InChI=1S/C12H23O10P/c1-2-3-4-12(16)22-11(7-19-9-14)8-21-23(17,18)20-6-10(15)5-13/h9-11,13,15H,2-8H2,1H3,(H,17,18)/t10-,11+/m0/s1. The van der Waals surface area contributed by atoms with Crippen LogP contribution < -0.4 is 0 Å². The van der Waals surface area contributed by atoms with E-state index in [4.69, 9.17) is 14.9 Å². The molecule has 0 saturated heterocycles. The topological polar surface area (TPSA) is 149 Å². The largest absolute Gasteiger partial charge is 0.472 e. The van der Waals surface area contributed by atoms with E-state index in [0.29, 0.717) is 6.42 Å². The van der Waals surface area contributed by atoms with Crippen LogP contribution in [0, 0.1) is 0 Å². The summed E-state index contributed by atoms with van der Waals surface area (Å²) in [5.41, 5.74) is 0. The number of carbonyl (C=O) groups excluding carboxylic acids is 2. The van der Waals surface area contributed by atoms with E-state index < -0.39 is 45.8 Å². The fourth-order valence-electron chi connectivity index (χ4n) is 1.28. The number of esters is 1. The minimum absolute atomic E-state index is 0.138. The van der Waals surface area contributed by atoms with Gasteiger partial charge in [-0.3, -0.25) is 18.6 Å². The second-order valence-electron chi connectivity index (χ2n) is 4.54. The lowest BCUT2D eigenvalue weighted by Crippen LogP contribution is -2.28. The highest BCUT2D eigenvalue weighted by molar-refractivity contribution is 7.47. The van der Waals surface area contributed by atoms with Crippen molar-refractivity contribution in [2.24, 2.45) is 0 Å². The fourth-order valence-corrected chi connectivity index (χ4v) is 2.07. The maximum Gasteiger partial charge on any atom is 0.472 e. The molecule has 23 heavy (non-hydrogen) atoms. The van der Waals surface area contributed by atoms with Gasteiger partial charge in [0.15, 0.2) is 6.10 Å². The molecule has 0 aromatic rings. The molecule has 0 bridgehead atoms. The van der Waals surface area contributed by atoms with Gasteiger partial charge in [0.2, 0.25) is 0 Å². The summed E-state index contributed by atoms with van der Waals surface area (Å²) in [6.45, 7) is -0.126. The highest BCUT2D eigenvalue weighted by atomic mass is 31.2. The number of aliphatic hydroxyl groups is 2. The molecule has 0 saturated carbocycles. The summed E-state index contributed by atoms with van der Waals surface area (Å²) in [5, 5.41) is 17.6.